The van der Waals surface area contributed by atoms with Gasteiger partial charge in [-0.3, -0.25) is 0 Å². The van der Waals surface area contributed by atoms with E-state index in [4.69, 9.17) is 0 Å². The molecule has 0 saturated heterocycles. The molecular formula is C11H9F2NOS. The maximum Gasteiger partial charge on any atom is 0.164 e. The van der Waals surface area contributed by atoms with Gasteiger partial charge in [0.1, 0.15) is 6.10 Å². The van der Waals surface area contributed by atoms with Crippen molar-refractivity contribution in [2.24, 2.45) is 0 Å². The number of nitrogens with zero attached hydrogens (tertiary/aromatic N) is 1. The van der Waals surface area contributed by atoms with Crippen molar-refractivity contribution >= 4 is 11.3 Å². The van der Waals surface area contributed by atoms with E-state index in [0.717, 1.165) is 11.1 Å². The van der Waals surface area contributed by atoms with E-state index in [-0.39, 0.29) is 5.56 Å². The first kappa shape index (κ1) is 11.2. The summed E-state index contributed by atoms with van der Waals surface area (Å²) >= 11 is 1.26. The summed E-state index contributed by atoms with van der Waals surface area (Å²) in [4.78, 5) is 4.46. The van der Waals surface area contributed by atoms with Gasteiger partial charge >= 0.3 is 0 Å². The normalized spacial score (nSPS) is 12.8. The van der Waals surface area contributed by atoms with Crippen molar-refractivity contribution in [2.45, 2.75) is 13.0 Å². The Bertz CT molecular complexity index is 512. The van der Waals surface area contributed by atoms with Crippen molar-refractivity contribution in [3.63, 3.8) is 0 Å². The number of benzene rings is 1. The van der Waals surface area contributed by atoms with Crippen molar-refractivity contribution in [1.29, 1.82) is 0 Å². The number of aliphatic hydroxyl groups excluding tert-OH is 1. The molecule has 0 aliphatic rings. The summed E-state index contributed by atoms with van der Waals surface area (Å²) in [6.07, 6.45) is 0.302. The maximum atomic E-state index is 13.4. The Kier molecular flexibility index (Phi) is 2.98. The van der Waals surface area contributed by atoms with Crippen LogP contribution in [0, 0.1) is 18.6 Å². The van der Waals surface area contributed by atoms with E-state index in [9.17, 15) is 13.9 Å². The lowest BCUT2D eigenvalue weighted by Gasteiger charge is -2.09. The molecule has 0 saturated carbocycles. The number of thiazole rings is 1. The van der Waals surface area contributed by atoms with Gasteiger partial charge in [0.2, 0.25) is 0 Å². The monoisotopic (exact) mass is 241 g/mol. The fourth-order valence-electron chi connectivity index (χ4n) is 1.39. The van der Waals surface area contributed by atoms with Gasteiger partial charge in [0.15, 0.2) is 11.6 Å². The number of hydrogen-bond donors (Lipinski definition) is 1. The number of aromatic nitrogens is 1. The van der Waals surface area contributed by atoms with Crippen molar-refractivity contribution in [3.05, 3.63) is 51.5 Å². The largest absolute Gasteiger partial charge is 0.383 e. The van der Waals surface area contributed by atoms with E-state index in [1.54, 1.807) is 6.92 Å². The Morgan fingerprint density at radius 1 is 1.38 bits per heavy atom. The van der Waals surface area contributed by atoms with E-state index >= 15 is 0 Å². The first-order chi connectivity index (χ1) is 7.59. The molecule has 2 rings (SSSR count). The zero-order valence-corrected chi connectivity index (χ0v) is 9.26. The number of rotatable bonds is 2. The van der Waals surface area contributed by atoms with Gasteiger partial charge in [-0.2, -0.15) is 0 Å². The lowest BCUT2D eigenvalue weighted by molar-refractivity contribution is 0.217. The summed E-state index contributed by atoms with van der Waals surface area (Å²) in [6, 6.07) is 3.74. The number of aliphatic hydroxyl groups is 1. The highest BCUT2D eigenvalue weighted by molar-refractivity contribution is 7.11. The van der Waals surface area contributed by atoms with Crippen LogP contribution in [0.4, 0.5) is 8.78 Å². The van der Waals surface area contributed by atoms with Gasteiger partial charge in [0.25, 0.3) is 0 Å². The molecule has 1 heterocycles. The molecule has 0 fully saturated rings. The van der Waals surface area contributed by atoms with E-state index in [1.165, 1.54) is 29.7 Å². The Hall–Kier alpha value is -1.33. The van der Waals surface area contributed by atoms with Crippen LogP contribution >= 0.6 is 11.3 Å². The summed E-state index contributed by atoms with van der Waals surface area (Å²) < 4.78 is 26.4. The van der Waals surface area contributed by atoms with E-state index in [1.807, 2.05) is 0 Å². The standard InChI is InChI=1S/C11H9F2NOS/c1-6-14-5-9(16-6)11(15)7-3-2-4-8(12)10(7)13/h2-5,11,15H,1H3. The minimum atomic E-state index is -1.16. The second kappa shape index (κ2) is 4.27. The molecular weight excluding hydrogens is 232 g/mol. The molecule has 1 aromatic carbocycles. The fraction of sp³-hybridized carbons (Fsp3) is 0.182. The molecule has 0 amide bonds. The zero-order valence-electron chi connectivity index (χ0n) is 8.45. The molecule has 0 radical (unpaired) electrons. The van der Waals surface area contributed by atoms with Gasteiger partial charge in [-0.15, -0.1) is 11.3 Å². The smallest absolute Gasteiger partial charge is 0.164 e. The lowest BCUT2D eigenvalue weighted by Crippen LogP contribution is -2.02. The van der Waals surface area contributed by atoms with Crippen molar-refractivity contribution in [2.75, 3.05) is 0 Å². The van der Waals surface area contributed by atoms with Crippen LogP contribution in [0.1, 0.15) is 21.6 Å². The van der Waals surface area contributed by atoms with Crippen LogP contribution in [0.3, 0.4) is 0 Å². The third kappa shape index (κ3) is 1.96. The molecule has 0 aliphatic heterocycles. The first-order valence-corrected chi connectivity index (χ1v) is 5.45. The molecule has 1 aromatic heterocycles. The minimum absolute atomic E-state index is 0.0661. The average Bonchev–Trinajstić information content (AvgIpc) is 2.68. The van der Waals surface area contributed by atoms with Gasteiger partial charge in [0, 0.05) is 11.8 Å². The van der Waals surface area contributed by atoms with Gasteiger partial charge in [-0.1, -0.05) is 12.1 Å². The highest BCUT2D eigenvalue weighted by Crippen LogP contribution is 2.28. The summed E-state index contributed by atoms with van der Waals surface area (Å²) in [5.41, 5.74) is -0.0661. The number of halogens is 2. The lowest BCUT2D eigenvalue weighted by atomic mass is 10.1. The van der Waals surface area contributed by atoms with E-state index < -0.39 is 17.7 Å². The van der Waals surface area contributed by atoms with E-state index in [0.29, 0.717) is 4.88 Å². The number of hydrogen-bond acceptors (Lipinski definition) is 3. The molecule has 1 atom stereocenters. The molecule has 2 nitrogen and oxygen atoms in total. The molecule has 2 aromatic rings. The average molecular weight is 241 g/mol. The third-order valence-electron chi connectivity index (χ3n) is 2.18. The topological polar surface area (TPSA) is 33.1 Å². The molecule has 5 heteroatoms. The maximum absolute atomic E-state index is 13.4. The van der Waals surface area contributed by atoms with Crippen LogP contribution in [0.15, 0.2) is 24.4 Å². The Morgan fingerprint density at radius 3 is 2.75 bits per heavy atom. The Labute approximate surface area is 95.2 Å². The number of aryl methyl sites for hydroxylation is 1. The van der Waals surface area contributed by atoms with Crippen LogP contribution in [0.2, 0.25) is 0 Å². The van der Waals surface area contributed by atoms with Crippen LogP contribution in [0.25, 0.3) is 0 Å². The van der Waals surface area contributed by atoms with Gasteiger partial charge in [-0.05, 0) is 13.0 Å². The summed E-state index contributed by atoms with van der Waals surface area (Å²) in [5.74, 6) is -1.97. The van der Waals surface area contributed by atoms with Crippen molar-refractivity contribution in [3.8, 4) is 0 Å². The van der Waals surface area contributed by atoms with Crippen LogP contribution in [-0.2, 0) is 0 Å². The van der Waals surface area contributed by atoms with Gasteiger partial charge < -0.3 is 5.11 Å². The van der Waals surface area contributed by atoms with Gasteiger partial charge in [-0.25, -0.2) is 13.8 Å². The predicted octanol–water partition coefficient (Wildman–Crippen LogP) is 2.81. The fourth-order valence-corrected chi connectivity index (χ4v) is 2.18. The van der Waals surface area contributed by atoms with Crippen LogP contribution in [-0.4, -0.2) is 10.1 Å². The molecule has 0 aliphatic carbocycles. The highest BCUT2D eigenvalue weighted by atomic mass is 32.1. The second-order valence-corrected chi connectivity index (χ2v) is 4.59. The summed E-state index contributed by atoms with van der Waals surface area (Å²) in [7, 11) is 0. The highest BCUT2D eigenvalue weighted by Gasteiger charge is 2.19. The zero-order chi connectivity index (χ0) is 11.7. The Morgan fingerprint density at radius 2 is 2.12 bits per heavy atom. The Balaban J connectivity index is 2.41. The molecule has 0 spiro atoms. The van der Waals surface area contributed by atoms with Crippen molar-refractivity contribution in [1.82, 2.24) is 4.98 Å². The molecule has 84 valence electrons. The van der Waals surface area contributed by atoms with Gasteiger partial charge in [0.05, 0.1) is 9.88 Å². The minimum Gasteiger partial charge on any atom is -0.383 e. The van der Waals surface area contributed by atoms with Crippen LogP contribution < -0.4 is 0 Å². The molecule has 16 heavy (non-hydrogen) atoms. The summed E-state index contributed by atoms with van der Waals surface area (Å²) in [6.45, 7) is 1.78. The van der Waals surface area contributed by atoms with Crippen molar-refractivity contribution < 1.29 is 13.9 Å². The molecule has 1 N–H and O–H groups in total. The predicted molar refractivity (Wildman–Crippen MR) is 57.3 cm³/mol. The molecule has 1 unspecified atom stereocenters. The van der Waals surface area contributed by atoms with E-state index in [2.05, 4.69) is 4.98 Å². The first-order valence-electron chi connectivity index (χ1n) is 4.64. The quantitative estimate of drug-likeness (QED) is 0.877. The SMILES string of the molecule is Cc1ncc(C(O)c2cccc(F)c2F)s1. The molecule has 0 bridgehead atoms. The third-order valence-corrected chi connectivity index (χ3v) is 3.15. The second-order valence-electron chi connectivity index (χ2n) is 3.33. The summed E-state index contributed by atoms with van der Waals surface area (Å²) in [5, 5.41) is 10.6. The van der Waals surface area contributed by atoms with Crippen LogP contribution in [0.5, 0.6) is 0 Å².